The van der Waals surface area contributed by atoms with E-state index in [0.29, 0.717) is 6.04 Å². The van der Waals surface area contributed by atoms with Crippen molar-refractivity contribution in [3.63, 3.8) is 0 Å². The predicted molar refractivity (Wildman–Crippen MR) is 101 cm³/mol. The van der Waals surface area contributed by atoms with Crippen LogP contribution >= 0.6 is 11.6 Å². The summed E-state index contributed by atoms with van der Waals surface area (Å²) < 4.78 is 6.48. The fourth-order valence-corrected chi connectivity index (χ4v) is 3.73. The maximum Gasteiger partial charge on any atom is 0.115 e. The Bertz CT molecular complexity index is 643. The first-order chi connectivity index (χ1) is 11.6. The van der Waals surface area contributed by atoms with Gasteiger partial charge in [-0.15, -0.1) is 0 Å². The van der Waals surface area contributed by atoms with Gasteiger partial charge in [-0.1, -0.05) is 54.1 Å². The Morgan fingerprint density at radius 2 is 1.75 bits per heavy atom. The van der Waals surface area contributed by atoms with Gasteiger partial charge >= 0.3 is 0 Å². The van der Waals surface area contributed by atoms with Crippen molar-refractivity contribution in [2.24, 2.45) is 0 Å². The lowest BCUT2D eigenvalue weighted by atomic mass is 9.88. The van der Waals surface area contributed by atoms with E-state index in [0.717, 1.165) is 23.6 Å². The molecule has 1 heterocycles. The smallest absolute Gasteiger partial charge is 0.115 e. The second kappa shape index (κ2) is 7.69. The summed E-state index contributed by atoms with van der Waals surface area (Å²) in [7, 11) is 2.22. The molecule has 3 rings (SSSR count). The maximum absolute atomic E-state index is 6.48. The van der Waals surface area contributed by atoms with Crippen LogP contribution in [0.2, 0.25) is 5.02 Å². The van der Waals surface area contributed by atoms with Crippen LogP contribution < -0.4 is 0 Å². The van der Waals surface area contributed by atoms with E-state index in [9.17, 15) is 0 Å². The van der Waals surface area contributed by atoms with Crippen molar-refractivity contribution in [1.82, 2.24) is 4.90 Å². The van der Waals surface area contributed by atoms with Crippen molar-refractivity contribution < 1.29 is 4.74 Å². The van der Waals surface area contributed by atoms with E-state index in [1.165, 1.54) is 24.9 Å². The highest BCUT2D eigenvalue weighted by atomic mass is 35.5. The number of benzene rings is 2. The van der Waals surface area contributed by atoms with Gasteiger partial charge in [0.1, 0.15) is 5.60 Å². The molecule has 2 aromatic rings. The van der Waals surface area contributed by atoms with Crippen molar-refractivity contribution in [3.05, 3.63) is 70.7 Å². The SMILES string of the molecule is CN1CCC[C@@H]1CCO[C@@](C)(c1ccccc1)c1ccc(Cl)cc1. The van der Waals surface area contributed by atoms with Crippen molar-refractivity contribution in [2.45, 2.75) is 37.8 Å². The molecule has 0 aromatic heterocycles. The van der Waals surface area contributed by atoms with E-state index in [1.54, 1.807) is 0 Å². The van der Waals surface area contributed by atoms with E-state index in [2.05, 4.69) is 55.3 Å². The van der Waals surface area contributed by atoms with Gasteiger partial charge in [0.15, 0.2) is 0 Å². The minimum Gasteiger partial charge on any atom is -0.366 e. The van der Waals surface area contributed by atoms with Crippen LogP contribution in [0.5, 0.6) is 0 Å². The zero-order valence-corrected chi connectivity index (χ0v) is 15.3. The van der Waals surface area contributed by atoms with Gasteiger partial charge in [0, 0.05) is 17.7 Å². The van der Waals surface area contributed by atoms with E-state index in [1.807, 2.05) is 18.2 Å². The van der Waals surface area contributed by atoms with Gasteiger partial charge in [0.05, 0.1) is 0 Å². The van der Waals surface area contributed by atoms with E-state index < -0.39 is 5.60 Å². The van der Waals surface area contributed by atoms with E-state index in [4.69, 9.17) is 16.3 Å². The van der Waals surface area contributed by atoms with Gasteiger partial charge in [0.2, 0.25) is 0 Å². The Balaban J connectivity index is 1.78. The molecule has 0 aliphatic carbocycles. The van der Waals surface area contributed by atoms with Gasteiger partial charge in [-0.25, -0.2) is 0 Å². The molecule has 0 spiro atoms. The lowest BCUT2D eigenvalue weighted by molar-refractivity contribution is -0.0117. The lowest BCUT2D eigenvalue weighted by Gasteiger charge is -2.32. The number of halogens is 1. The number of hydrogen-bond donors (Lipinski definition) is 0. The van der Waals surface area contributed by atoms with Crippen LogP contribution in [0.15, 0.2) is 54.6 Å². The molecule has 0 N–H and O–H groups in total. The zero-order valence-electron chi connectivity index (χ0n) is 14.5. The summed E-state index contributed by atoms with van der Waals surface area (Å²) in [6.07, 6.45) is 3.66. The highest BCUT2D eigenvalue weighted by molar-refractivity contribution is 6.30. The van der Waals surface area contributed by atoms with Crippen LogP contribution in [0.4, 0.5) is 0 Å². The quantitative estimate of drug-likeness (QED) is 0.723. The molecular weight excluding hydrogens is 318 g/mol. The molecule has 0 unspecified atom stereocenters. The fraction of sp³-hybridized carbons (Fsp3) is 0.429. The largest absolute Gasteiger partial charge is 0.366 e. The van der Waals surface area contributed by atoms with Gasteiger partial charge < -0.3 is 9.64 Å². The Morgan fingerprint density at radius 3 is 2.38 bits per heavy atom. The fourth-order valence-electron chi connectivity index (χ4n) is 3.60. The van der Waals surface area contributed by atoms with Gasteiger partial charge in [-0.2, -0.15) is 0 Å². The maximum atomic E-state index is 6.48. The number of likely N-dealkylation sites (tertiary alicyclic amines) is 1. The van der Waals surface area contributed by atoms with Crippen LogP contribution in [0.3, 0.4) is 0 Å². The third-order valence-corrected chi connectivity index (χ3v) is 5.49. The molecule has 1 aliphatic rings. The summed E-state index contributed by atoms with van der Waals surface area (Å²) in [6, 6.07) is 19.1. The molecule has 0 radical (unpaired) electrons. The summed E-state index contributed by atoms with van der Waals surface area (Å²) >= 11 is 6.07. The van der Waals surface area contributed by atoms with Gasteiger partial charge in [-0.05, 0) is 63.0 Å². The molecule has 0 amide bonds. The first kappa shape index (κ1) is 17.5. The standard InChI is InChI=1S/C21H26ClNO/c1-21(17-7-4-3-5-8-17,18-10-12-19(22)13-11-18)24-16-14-20-9-6-15-23(20)2/h3-5,7-8,10-13,20H,6,9,14-16H2,1-2H3/t20-,21+/m1/s1. The molecule has 1 fully saturated rings. The number of hydrogen-bond acceptors (Lipinski definition) is 2. The van der Waals surface area contributed by atoms with Crippen LogP contribution in [0.1, 0.15) is 37.3 Å². The van der Waals surface area contributed by atoms with Crippen molar-refractivity contribution in [2.75, 3.05) is 20.2 Å². The predicted octanol–water partition coefficient (Wildman–Crippen LogP) is 5.10. The third-order valence-electron chi connectivity index (χ3n) is 5.23. The summed E-state index contributed by atoms with van der Waals surface area (Å²) in [6.45, 7) is 4.12. The molecule has 2 aromatic carbocycles. The number of rotatable bonds is 6. The average Bonchev–Trinajstić information content (AvgIpc) is 3.01. The summed E-state index contributed by atoms with van der Waals surface area (Å²) in [4.78, 5) is 2.45. The average molecular weight is 344 g/mol. The first-order valence-corrected chi connectivity index (χ1v) is 9.13. The highest BCUT2D eigenvalue weighted by Gasteiger charge is 2.30. The molecule has 1 saturated heterocycles. The molecule has 24 heavy (non-hydrogen) atoms. The van der Waals surface area contributed by atoms with Crippen LogP contribution in [0, 0.1) is 0 Å². The topological polar surface area (TPSA) is 12.5 Å². The molecule has 3 heteroatoms. The Hall–Kier alpha value is -1.35. The third kappa shape index (κ3) is 3.83. The van der Waals surface area contributed by atoms with E-state index >= 15 is 0 Å². The monoisotopic (exact) mass is 343 g/mol. The Kier molecular flexibility index (Phi) is 5.60. The number of nitrogens with zero attached hydrogens (tertiary/aromatic N) is 1. The minimum absolute atomic E-state index is 0.455. The Labute approximate surface area is 150 Å². The summed E-state index contributed by atoms with van der Waals surface area (Å²) in [5.41, 5.74) is 1.85. The normalized spacial score (nSPS) is 20.9. The molecule has 128 valence electrons. The summed E-state index contributed by atoms with van der Waals surface area (Å²) in [5, 5.41) is 0.752. The highest BCUT2D eigenvalue weighted by Crippen LogP contribution is 2.34. The van der Waals surface area contributed by atoms with Crippen molar-refractivity contribution in [1.29, 1.82) is 0 Å². The van der Waals surface area contributed by atoms with E-state index in [-0.39, 0.29) is 0 Å². The summed E-state index contributed by atoms with van der Waals surface area (Å²) in [5.74, 6) is 0. The zero-order chi connectivity index (χ0) is 17.0. The van der Waals surface area contributed by atoms with Crippen LogP contribution in [-0.4, -0.2) is 31.1 Å². The lowest BCUT2D eigenvalue weighted by Crippen LogP contribution is -2.31. The number of ether oxygens (including phenoxy) is 1. The minimum atomic E-state index is -0.455. The van der Waals surface area contributed by atoms with Crippen molar-refractivity contribution >= 4 is 11.6 Å². The van der Waals surface area contributed by atoms with Crippen molar-refractivity contribution in [3.8, 4) is 0 Å². The first-order valence-electron chi connectivity index (χ1n) is 8.75. The molecule has 0 bridgehead atoms. The molecular formula is C21H26ClNO. The van der Waals surface area contributed by atoms with Crippen LogP contribution in [0.25, 0.3) is 0 Å². The molecule has 2 atom stereocenters. The Morgan fingerprint density at radius 1 is 1.08 bits per heavy atom. The molecule has 0 saturated carbocycles. The van der Waals surface area contributed by atoms with Gasteiger partial charge in [-0.3, -0.25) is 0 Å². The second-order valence-corrected chi connectivity index (χ2v) is 7.26. The van der Waals surface area contributed by atoms with Crippen LogP contribution in [-0.2, 0) is 10.3 Å². The second-order valence-electron chi connectivity index (χ2n) is 6.82. The molecule has 1 aliphatic heterocycles. The molecule has 2 nitrogen and oxygen atoms in total. The van der Waals surface area contributed by atoms with Gasteiger partial charge in [0.25, 0.3) is 0 Å².